The van der Waals surface area contributed by atoms with Crippen LogP contribution in [0.1, 0.15) is 39.7 Å². The van der Waals surface area contributed by atoms with Gasteiger partial charge in [-0.1, -0.05) is 13.0 Å². The van der Waals surface area contributed by atoms with Crippen LogP contribution in [0.15, 0.2) is 24.3 Å². The number of hydrogen-bond acceptors (Lipinski definition) is 5. The van der Waals surface area contributed by atoms with Gasteiger partial charge in [-0.3, -0.25) is 9.69 Å². The van der Waals surface area contributed by atoms with E-state index in [2.05, 4.69) is 31.0 Å². The first-order valence-corrected chi connectivity index (χ1v) is 10.1. The molecule has 156 valence electrons. The van der Waals surface area contributed by atoms with E-state index < -0.39 is 0 Å². The van der Waals surface area contributed by atoms with Gasteiger partial charge < -0.3 is 19.5 Å². The van der Waals surface area contributed by atoms with Crippen LogP contribution in [0.25, 0.3) is 6.08 Å². The molecule has 1 aliphatic rings. The summed E-state index contributed by atoms with van der Waals surface area (Å²) >= 11 is 0. The van der Waals surface area contributed by atoms with E-state index in [9.17, 15) is 4.79 Å². The molecule has 28 heavy (non-hydrogen) atoms. The van der Waals surface area contributed by atoms with Crippen molar-refractivity contribution in [3.8, 4) is 11.5 Å². The highest BCUT2D eigenvalue weighted by molar-refractivity contribution is 5.91. The topological polar surface area (TPSA) is 60.0 Å². The highest BCUT2D eigenvalue weighted by Crippen LogP contribution is 2.29. The number of nitrogens with zero attached hydrogens (tertiary/aromatic N) is 1. The monoisotopic (exact) mass is 390 g/mol. The highest BCUT2D eigenvalue weighted by atomic mass is 16.5. The summed E-state index contributed by atoms with van der Waals surface area (Å²) < 4.78 is 16.8. The number of ether oxygens (including phenoxy) is 3. The quantitative estimate of drug-likeness (QED) is 0.622. The summed E-state index contributed by atoms with van der Waals surface area (Å²) in [6.07, 6.45) is 4.30. The molecule has 1 amide bonds. The zero-order chi connectivity index (χ0) is 20.4. The lowest BCUT2D eigenvalue weighted by atomic mass is 10.0. The summed E-state index contributed by atoms with van der Waals surface area (Å²) in [7, 11) is 0. The Kier molecular flexibility index (Phi) is 8.80. The Balaban J connectivity index is 1.92. The van der Waals surface area contributed by atoms with Crippen LogP contribution in [-0.4, -0.2) is 62.4 Å². The minimum Gasteiger partial charge on any atom is -0.490 e. The van der Waals surface area contributed by atoms with Crippen LogP contribution in [0.4, 0.5) is 0 Å². The number of carbonyl (C=O) groups is 1. The molecule has 0 spiro atoms. The van der Waals surface area contributed by atoms with Gasteiger partial charge in [0, 0.05) is 31.2 Å². The Bertz CT molecular complexity index is 652. The Labute approximate surface area is 168 Å². The van der Waals surface area contributed by atoms with Gasteiger partial charge in [-0.05, 0) is 51.0 Å². The van der Waals surface area contributed by atoms with Gasteiger partial charge >= 0.3 is 0 Å². The van der Waals surface area contributed by atoms with Gasteiger partial charge in [0.05, 0.1) is 26.4 Å². The number of hydrogen-bond donors (Lipinski definition) is 1. The van der Waals surface area contributed by atoms with Gasteiger partial charge in [0.25, 0.3) is 0 Å². The number of morpholine rings is 1. The molecule has 1 saturated heterocycles. The first-order chi connectivity index (χ1) is 13.5. The van der Waals surface area contributed by atoms with Gasteiger partial charge in [0.2, 0.25) is 5.91 Å². The largest absolute Gasteiger partial charge is 0.490 e. The number of amides is 1. The molecule has 0 unspecified atom stereocenters. The lowest BCUT2D eigenvalue weighted by molar-refractivity contribution is -0.117. The molecule has 0 bridgehead atoms. The number of nitrogens with one attached hydrogen (secondary N) is 1. The predicted octanol–water partition coefficient (Wildman–Crippen LogP) is 3.11. The van der Waals surface area contributed by atoms with Crippen LogP contribution in [0.3, 0.4) is 0 Å². The third-order valence-corrected chi connectivity index (χ3v) is 4.72. The Morgan fingerprint density at radius 3 is 2.64 bits per heavy atom. The summed E-state index contributed by atoms with van der Waals surface area (Å²) in [5, 5.41) is 3.01. The van der Waals surface area contributed by atoms with Crippen molar-refractivity contribution in [3.63, 3.8) is 0 Å². The minimum atomic E-state index is -0.106. The van der Waals surface area contributed by atoms with Gasteiger partial charge in [0.15, 0.2) is 11.5 Å². The summed E-state index contributed by atoms with van der Waals surface area (Å²) in [6.45, 7) is 13.4. The maximum atomic E-state index is 12.3. The Morgan fingerprint density at radius 1 is 1.21 bits per heavy atom. The normalized spacial score (nSPS) is 15.6. The smallest absolute Gasteiger partial charge is 0.244 e. The lowest BCUT2D eigenvalue weighted by Crippen LogP contribution is -2.55. The third-order valence-electron chi connectivity index (χ3n) is 4.72. The van der Waals surface area contributed by atoms with Gasteiger partial charge in [-0.25, -0.2) is 0 Å². The molecule has 1 aromatic carbocycles. The van der Waals surface area contributed by atoms with Crippen molar-refractivity contribution in [1.29, 1.82) is 0 Å². The van der Waals surface area contributed by atoms with E-state index in [1.807, 2.05) is 25.1 Å². The SMILES string of the molecule is CCCOc1ccc(/C=C/C(=O)NCC(C)(C)N2CCOCC2)cc1OCC. The molecule has 1 aliphatic heterocycles. The molecule has 6 nitrogen and oxygen atoms in total. The van der Waals surface area contributed by atoms with Crippen LogP contribution < -0.4 is 14.8 Å². The number of benzene rings is 1. The maximum Gasteiger partial charge on any atom is 0.244 e. The second kappa shape index (κ2) is 11.1. The van der Waals surface area contributed by atoms with Crippen molar-refractivity contribution in [2.45, 2.75) is 39.7 Å². The van der Waals surface area contributed by atoms with Crippen LogP contribution >= 0.6 is 0 Å². The van der Waals surface area contributed by atoms with E-state index in [4.69, 9.17) is 14.2 Å². The van der Waals surface area contributed by atoms with E-state index in [1.165, 1.54) is 0 Å². The first kappa shape index (κ1) is 22.2. The molecule has 6 heteroatoms. The van der Waals surface area contributed by atoms with Crippen molar-refractivity contribution in [2.24, 2.45) is 0 Å². The molecule has 1 aromatic rings. The average molecular weight is 391 g/mol. The van der Waals surface area contributed by atoms with Gasteiger partial charge in [-0.15, -0.1) is 0 Å². The fourth-order valence-corrected chi connectivity index (χ4v) is 3.04. The number of rotatable bonds is 10. The molecule has 0 aliphatic carbocycles. The van der Waals surface area contributed by atoms with Crippen molar-refractivity contribution >= 4 is 12.0 Å². The summed E-state index contributed by atoms with van der Waals surface area (Å²) in [6, 6.07) is 5.71. The molecule has 0 radical (unpaired) electrons. The Morgan fingerprint density at radius 2 is 1.96 bits per heavy atom. The highest BCUT2D eigenvalue weighted by Gasteiger charge is 2.28. The first-order valence-electron chi connectivity index (χ1n) is 10.1. The van der Waals surface area contributed by atoms with Crippen molar-refractivity contribution in [1.82, 2.24) is 10.2 Å². The fourth-order valence-electron chi connectivity index (χ4n) is 3.04. The zero-order valence-corrected chi connectivity index (χ0v) is 17.6. The van der Waals surface area contributed by atoms with Crippen LogP contribution in [-0.2, 0) is 9.53 Å². The van der Waals surface area contributed by atoms with Gasteiger partial charge in [0.1, 0.15) is 0 Å². The third kappa shape index (κ3) is 6.84. The fraction of sp³-hybridized carbons (Fsp3) is 0.591. The summed E-state index contributed by atoms with van der Waals surface area (Å²) in [5.74, 6) is 1.33. The molecular formula is C22H34N2O4. The standard InChI is InChI=1S/C22H34N2O4/c1-5-13-28-19-9-7-18(16-20(19)27-6-2)8-10-21(25)23-17-22(3,4)24-11-14-26-15-12-24/h7-10,16H,5-6,11-15,17H2,1-4H3,(H,23,25)/b10-8+. The van der Waals surface area contributed by atoms with Gasteiger partial charge in [-0.2, -0.15) is 0 Å². The van der Waals surface area contributed by atoms with Crippen molar-refractivity contribution in [3.05, 3.63) is 29.8 Å². The molecule has 2 rings (SSSR count). The average Bonchev–Trinajstić information content (AvgIpc) is 2.71. The minimum absolute atomic E-state index is 0.103. The van der Waals surface area contributed by atoms with Crippen LogP contribution in [0, 0.1) is 0 Å². The summed E-state index contributed by atoms with van der Waals surface area (Å²) in [4.78, 5) is 14.6. The van der Waals surface area contributed by atoms with Crippen LogP contribution in [0.2, 0.25) is 0 Å². The van der Waals surface area contributed by atoms with Crippen molar-refractivity contribution in [2.75, 3.05) is 46.1 Å². The van der Waals surface area contributed by atoms with E-state index in [0.29, 0.717) is 25.5 Å². The number of carbonyl (C=O) groups excluding carboxylic acids is 1. The maximum absolute atomic E-state index is 12.3. The van der Waals surface area contributed by atoms with E-state index in [-0.39, 0.29) is 11.4 Å². The van der Waals surface area contributed by atoms with E-state index in [1.54, 1.807) is 12.2 Å². The molecule has 0 saturated carbocycles. The summed E-state index contributed by atoms with van der Waals surface area (Å²) in [5.41, 5.74) is 0.795. The van der Waals surface area contributed by atoms with E-state index >= 15 is 0 Å². The zero-order valence-electron chi connectivity index (χ0n) is 17.6. The molecule has 1 fully saturated rings. The molecular weight excluding hydrogens is 356 g/mol. The molecule has 1 N–H and O–H groups in total. The Hall–Kier alpha value is -2.05. The van der Waals surface area contributed by atoms with Crippen molar-refractivity contribution < 1.29 is 19.0 Å². The predicted molar refractivity (Wildman–Crippen MR) is 112 cm³/mol. The van der Waals surface area contributed by atoms with E-state index in [0.717, 1.165) is 44.0 Å². The second-order valence-electron chi connectivity index (χ2n) is 7.45. The second-order valence-corrected chi connectivity index (χ2v) is 7.45. The molecule has 1 heterocycles. The lowest BCUT2D eigenvalue weighted by Gasteiger charge is -2.40. The van der Waals surface area contributed by atoms with Crippen LogP contribution in [0.5, 0.6) is 11.5 Å². The molecule has 0 aromatic heterocycles. The molecule has 0 atom stereocenters.